The van der Waals surface area contributed by atoms with Gasteiger partial charge in [0.25, 0.3) is 0 Å². The van der Waals surface area contributed by atoms with Gasteiger partial charge in [-0.15, -0.1) is 0 Å². The topological polar surface area (TPSA) is 32.3 Å². The third-order valence-corrected chi connectivity index (χ3v) is 2.70. The van der Waals surface area contributed by atoms with Crippen molar-refractivity contribution in [2.24, 2.45) is 11.8 Å². The van der Waals surface area contributed by atoms with Crippen molar-refractivity contribution in [2.45, 2.75) is 32.7 Å². The predicted octanol–water partition coefficient (Wildman–Crippen LogP) is 1.00. The standard InChI is InChI=1S/C9H19NO/c1-7(2)8-3-4-10-9(5-8)6-11/h7-11H,3-6H2,1-2H3. The Morgan fingerprint density at radius 2 is 2.27 bits per heavy atom. The number of piperidine rings is 1. The minimum Gasteiger partial charge on any atom is -0.395 e. The fourth-order valence-electron chi connectivity index (χ4n) is 1.78. The van der Waals surface area contributed by atoms with Crippen molar-refractivity contribution in [3.05, 3.63) is 0 Å². The summed E-state index contributed by atoms with van der Waals surface area (Å²) in [5.41, 5.74) is 0. The lowest BCUT2D eigenvalue weighted by atomic mass is 9.84. The van der Waals surface area contributed by atoms with Gasteiger partial charge in [0, 0.05) is 6.04 Å². The first-order valence-electron chi connectivity index (χ1n) is 4.58. The van der Waals surface area contributed by atoms with Gasteiger partial charge in [-0.3, -0.25) is 0 Å². The third kappa shape index (κ3) is 2.46. The highest BCUT2D eigenvalue weighted by molar-refractivity contribution is 4.78. The molecule has 1 aliphatic heterocycles. The highest BCUT2D eigenvalue weighted by Gasteiger charge is 2.22. The van der Waals surface area contributed by atoms with Gasteiger partial charge in [-0.1, -0.05) is 13.8 Å². The van der Waals surface area contributed by atoms with Crippen LogP contribution in [-0.2, 0) is 0 Å². The third-order valence-electron chi connectivity index (χ3n) is 2.70. The molecule has 0 aromatic heterocycles. The first-order chi connectivity index (χ1) is 5.24. The van der Waals surface area contributed by atoms with Gasteiger partial charge in [0.05, 0.1) is 6.61 Å². The molecule has 1 heterocycles. The summed E-state index contributed by atoms with van der Waals surface area (Å²) in [5, 5.41) is 12.2. The van der Waals surface area contributed by atoms with E-state index in [0.717, 1.165) is 24.8 Å². The molecule has 1 aliphatic rings. The lowest BCUT2D eigenvalue weighted by Crippen LogP contribution is -2.41. The summed E-state index contributed by atoms with van der Waals surface area (Å²) >= 11 is 0. The van der Waals surface area contributed by atoms with E-state index in [1.165, 1.54) is 6.42 Å². The van der Waals surface area contributed by atoms with Crippen LogP contribution in [-0.4, -0.2) is 24.3 Å². The molecular formula is C9H19NO. The molecule has 2 nitrogen and oxygen atoms in total. The second-order valence-corrected chi connectivity index (χ2v) is 3.86. The zero-order valence-electron chi connectivity index (χ0n) is 7.51. The van der Waals surface area contributed by atoms with Crippen molar-refractivity contribution >= 4 is 0 Å². The highest BCUT2D eigenvalue weighted by Crippen LogP contribution is 2.23. The van der Waals surface area contributed by atoms with E-state index in [9.17, 15) is 0 Å². The minimum absolute atomic E-state index is 0.295. The molecule has 0 bridgehead atoms. The van der Waals surface area contributed by atoms with E-state index in [1.807, 2.05) is 0 Å². The lowest BCUT2D eigenvalue weighted by molar-refractivity contribution is 0.171. The van der Waals surface area contributed by atoms with Crippen molar-refractivity contribution in [2.75, 3.05) is 13.2 Å². The fraction of sp³-hybridized carbons (Fsp3) is 1.00. The SMILES string of the molecule is CC(C)C1CCNC(CO)C1. The van der Waals surface area contributed by atoms with E-state index in [-0.39, 0.29) is 0 Å². The van der Waals surface area contributed by atoms with E-state index in [1.54, 1.807) is 0 Å². The van der Waals surface area contributed by atoms with E-state index in [4.69, 9.17) is 5.11 Å². The molecule has 2 unspecified atom stereocenters. The zero-order chi connectivity index (χ0) is 8.27. The maximum absolute atomic E-state index is 8.93. The summed E-state index contributed by atoms with van der Waals surface area (Å²) in [4.78, 5) is 0. The molecule has 66 valence electrons. The monoisotopic (exact) mass is 157 g/mol. The number of aliphatic hydroxyl groups excluding tert-OH is 1. The average Bonchev–Trinajstić information content (AvgIpc) is 2.05. The summed E-state index contributed by atoms with van der Waals surface area (Å²) in [5.74, 6) is 1.58. The first-order valence-corrected chi connectivity index (χ1v) is 4.58. The fourth-order valence-corrected chi connectivity index (χ4v) is 1.78. The van der Waals surface area contributed by atoms with Crippen molar-refractivity contribution in [3.8, 4) is 0 Å². The van der Waals surface area contributed by atoms with Crippen molar-refractivity contribution in [3.63, 3.8) is 0 Å². The Labute approximate surface area is 69.0 Å². The smallest absolute Gasteiger partial charge is 0.0584 e. The Balaban J connectivity index is 2.33. The molecule has 0 aromatic rings. The largest absolute Gasteiger partial charge is 0.395 e. The Hall–Kier alpha value is -0.0800. The maximum Gasteiger partial charge on any atom is 0.0584 e. The lowest BCUT2D eigenvalue weighted by Gasteiger charge is -2.31. The number of rotatable bonds is 2. The summed E-state index contributed by atoms with van der Waals surface area (Å²) in [6.07, 6.45) is 2.42. The Morgan fingerprint density at radius 1 is 1.55 bits per heavy atom. The van der Waals surface area contributed by atoms with Gasteiger partial charge in [-0.2, -0.15) is 0 Å². The molecule has 0 amide bonds. The molecule has 1 rings (SSSR count). The molecule has 1 saturated heterocycles. The second-order valence-electron chi connectivity index (χ2n) is 3.86. The zero-order valence-corrected chi connectivity index (χ0v) is 7.51. The van der Waals surface area contributed by atoms with Crippen LogP contribution in [0.25, 0.3) is 0 Å². The van der Waals surface area contributed by atoms with E-state index < -0.39 is 0 Å². The summed E-state index contributed by atoms with van der Waals surface area (Å²) in [6.45, 7) is 5.91. The minimum atomic E-state index is 0.295. The molecule has 0 aliphatic carbocycles. The Kier molecular flexibility index (Phi) is 3.34. The molecule has 0 spiro atoms. The normalized spacial score (nSPS) is 32.7. The van der Waals surface area contributed by atoms with Crippen molar-refractivity contribution < 1.29 is 5.11 Å². The Morgan fingerprint density at radius 3 is 2.82 bits per heavy atom. The van der Waals surface area contributed by atoms with Crippen LogP contribution in [0.5, 0.6) is 0 Å². The molecule has 0 aromatic carbocycles. The van der Waals surface area contributed by atoms with Crippen LogP contribution in [0.15, 0.2) is 0 Å². The van der Waals surface area contributed by atoms with E-state index >= 15 is 0 Å². The quantitative estimate of drug-likeness (QED) is 0.627. The highest BCUT2D eigenvalue weighted by atomic mass is 16.3. The van der Waals surface area contributed by atoms with Gasteiger partial charge >= 0.3 is 0 Å². The number of aliphatic hydroxyl groups is 1. The molecule has 0 radical (unpaired) electrons. The summed E-state index contributed by atoms with van der Waals surface area (Å²) in [7, 11) is 0. The van der Waals surface area contributed by atoms with Gasteiger partial charge in [-0.05, 0) is 31.2 Å². The molecule has 11 heavy (non-hydrogen) atoms. The van der Waals surface area contributed by atoms with Gasteiger partial charge in [0.2, 0.25) is 0 Å². The molecular weight excluding hydrogens is 138 g/mol. The van der Waals surface area contributed by atoms with Gasteiger partial charge in [0.15, 0.2) is 0 Å². The van der Waals surface area contributed by atoms with Crippen molar-refractivity contribution in [1.82, 2.24) is 5.32 Å². The van der Waals surface area contributed by atoms with Crippen LogP contribution >= 0.6 is 0 Å². The first kappa shape index (κ1) is 9.01. The molecule has 2 heteroatoms. The van der Waals surface area contributed by atoms with Crippen LogP contribution in [0, 0.1) is 11.8 Å². The van der Waals surface area contributed by atoms with Gasteiger partial charge in [-0.25, -0.2) is 0 Å². The Bertz CT molecular complexity index is 114. The number of hydrogen-bond acceptors (Lipinski definition) is 2. The molecule has 0 saturated carbocycles. The van der Waals surface area contributed by atoms with E-state index in [2.05, 4.69) is 19.2 Å². The van der Waals surface area contributed by atoms with Gasteiger partial charge < -0.3 is 10.4 Å². The van der Waals surface area contributed by atoms with Crippen LogP contribution in [0.1, 0.15) is 26.7 Å². The number of nitrogens with one attached hydrogen (secondary N) is 1. The maximum atomic E-state index is 8.93. The summed E-state index contributed by atoms with van der Waals surface area (Å²) in [6, 6.07) is 0.358. The van der Waals surface area contributed by atoms with E-state index in [0.29, 0.717) is 12.6 Å². The second kappa shape index (κ2) is 4.07. The van der Waals surface area contributed by atoms with Crippen molar-refractivity contribution in [1.29, 1.82) is 0 Å². The van der Waals surface area contributed by atoms with Crippen LogP contribution in [0.3, 0.4) is 0 Å². The van der Waals surface area contributed by atoms with Crippen LogP contribution < -0.4 is 5.32 Å². The molecule has 2 atom stereocenters. The van der Waals surface area contributed by atoms with Crippen LogP contribution in [0.4, 0.5) is 0 Å². The summed E-state index contributed by atoms with van der Waals surface area (Å²) < 4.78 is 0. The van der Waals surface area contributed by atoms with Crippen LogP contribution in [0.2, 0.25) is 0 Å². The number of hydrogen-bond donors (Lipinski definition) is 2. The predicted molar refractivity (Wildman–Crippen MR) is 46.4 cm³/mol. The van der Waals surface area contributed by atoms with Gasteiger partial charge in [0.1, 0.15) is 0 Å². The molecule has 1 fully saturated rings. The average molecular weight is 157 g/mol. The molecule has 2 N–H and O–H groups in total.